The van der Waals surface area contributed by atoms with Gasteiger partial charge in [0.05, 0.1) is 15.7 Å². The molecule has 0 spiro atoms. The Hall–Kier alpha value is -2.40. The molecular weight excluding hydrogens is 388 g/mol. The molecule has 4 aromatic rings. The zero-order valence-corrected chi connectivity index (χ0v) is 15.9. The average Bonchev–Trinajstić information content (AvgIpc) is 3.40. The van der Waals surface area contributed by atoms with Crippen molar-refractivity contribution in [1.29, 1.82) is 0 Å². The van der Waals surface area contributed by atoms with Gasteiger partial charge in [0.2, 0.25) is 0 Å². The van der Waals surface area contributed by atoms with Gasteiger partial charge in [-0.2, -0.15) is 0 Å². The normalized spacial score (nSPS) is 14.2. The van der Waals surface area contributed by atoms with E-state index in [4.69, 9.17) is 0 Å². The lowest BCUT2D eigenvalue weighted by Gasteiger charge is -2.11. The van der Waals surface area contributed by atoms with E-state index in [-0.39, 0.29) is 0 Å². The molecule has 0 unspecified atom stereocenters. The van der Waals surface area contributed by atoms with Gasteiger partial charge in [0, 0.05) is 13.1 Å². The van der Waals surface area contributed by atoms with E-state index < -0.39 is 0 Å². The fourth-order valence-corrected chi connectivity index (χ4v) is 4.01. The van der Waals surface area contributed by atoms with Crippen molar-refractivity contribution in [2.45, 2.75) is 25.9 Å². The molecule has 3 aromatic carbocycles. The number of hydrogen-bond acceptors (Lipinski definition) is 3. The van der Waals surface area contributed by atoms with Crippen molar-refractivity contribution in [3.8, 4) is 0 Å². The second-order valence-electron chi connectivity index (χ2n) is 7.00. The number of fused-ring (bicyclic) bond motifs is 2. The molecule has 1 aliphatic rings. The Balaban J connectivity index is 1.43. The summed E-state index contributed by atoms with van der Waals surface area (Å²) in [6, 6.07) is 19.2. The van der Waals surface area contributed by atoms with Gasteiger partial charge in [-0.05, 0) is 63.2 Å². The van der Waals surface area contributed by atoms with Crippen LogP contribution in [0.4, 0.5) is 5.69 Å². The summed E-state index contributed by atoms with van der Waals surface area (Å²) in [5, 5.41) is 14.8. The van der Waals surface area contributed by atoms with Gasteiger partial charge in [0.25, 0.3) is 0 Å². The van der Waals surface area contributed by atoms with Gasteiger partial charge >= 0.3 is 0 Å². The number of nitrogens with zero attached hydrogens (tertiary/aromatic N) is 3. The predicted octanol–water partition coefficient (Wildman–Crippen LogP) is 5.37. The van der Waals surface area contributed by atoms with Crippen LogP contribution >= 0.6 is 15.9 Å². The molecule has 0 atom stereocenters. The van der Waals surface area contributed by atoms with Crippen LogP contribution in [0.2, 0.25) is 0 Å². The van der Waals surface area contributed by atoms with Crippen molar-refractivity contribution in [3.63, 3.8) is 0 Å². The van der Waals surface area contributed by atoms with Crippen LogP contribution in [-0.2, 0) is 13.1 Å². The first-order chi connectivity index (χ1) is 12.8. The van der Waals surface area contributed by atoms with E-state index in [1.165, 1.54) is 29.2 Å². The highest BCUT2D eigenvalue weighted by Crippen LogP contribution is 2.34. The lowest BCUT2D eigenvalue weighted by molar-refractivity contribution is 0.559. The van der Waals surface area contributed by atoms with Gasteiger partial charge in [-0.1, -0.05) is 47.7 Å². The molecular formula is C21H19BrN4. The van der Waals surface area contributed by atoms with E-state index in [1.54, 1.807) is 0 Å². The van der Waals surface area contributed by atoms with E-state index in [2.05, 4.69) is 86.2 Å². The summed E-state index contributed by atoms with van der Waals surface area (Å²) in [5.74, 6) is 0.780. The van der Waals surface area contributed by atoms with Crippen LogP contribution in [0.3, 0.4) is 0 Å². The van der Waals surface area contributed by atoms with Crippen molar-refractivity contribution < 1.29 is 0 Å². The van der Waals surface area contributed by atoms with E-state index >= 15 is 0 Å². The molecule has 5 heteroatoms. The smallest absolute Gasteiger partial charge is 0.129 e. The summed E-state index contributed by atoms with van der Waals surface area (Å²) < 4.78 is 3.02. The fraction of sp³-hybridized carbons (Fsp3) is 0.238. The first-order valence-electron chi connectivity index (χ1n) is 9.02. The summed E-state index contributed by atoms with van der Waals surface area (Å²) in [7, 11) is 0. The number of anilines is 1. The van der Waals surface area contributed by atoms with E-state index in [1.807, 2.05) is 4.68 Å². The molecule has 1 aromatic heterocycles. The Kier molecular flexibility index (Phi) is 3.89. The highest BCUT2D eigenvalue weighted by Gasteiger charge is 2.23. The van der Waals surface area contributed by atoms with Gasteiger partial charge in [-0.15, -0.1) is 5.10 Å². The van der Waals surface area contributed by atoms with E-state index in [0.29, 0.717) is 0 Å². The molecule has 5 rings (SSSR count). The number of rotatable bonds is 5. The van der Waals surface area contributed by atoms with Crippen LogP contribution in [-0.4, -0.2) is 15.0 Å². The molecule has 26 heavy (non-hydrogen) atoms. The molecule has 1 heterocycles. The topological polar surface area (TPSA) is 42.7 Å². The Labute approximate surface area is 160 Å². The van der Waals surface area contributed by atoms with Crippen LogP contribution in [0.25, 0.3) is 21.8 Å². The molecule has 0 saturated heterocycles. The third-order valence-corrected chi connectivity index (χ3v) is 5.91. The van der Waals surface area contributed by atoms with Crippen molar-refractivity contribution in [2.24, 2.45) is 5.92 Å². The Bertz CT molecular complexity index is 1090. The molecule has 4 nitrogen and oxygen atoms in total. The molecule has 1 aliphatic carbocycles. The molecule has 1 N–H and O–H groups in total. The first-order valence-corrected chi connectivity index (χ1v) is 9.81. The van der Waals surface area contributed by atoms with Crippen LogP contribution in [0, 0.1) is 5.92 Å². The fourth-order valence-electron chi connectivity index (χ4n) is 3.46. The molecule has 0 bridgehead atoms. The summed E-state index contributed by atoms with van der Waals surface area (Å²) >= 11 is 3.72. The number of hydrogen-bond donors (Lipinski definition) is 1. The predicted molar refractivity (Wildman–Crippen MR) is 109 cm³/mol. The van der Waals surface area contributed by atoms with Crippen LogP contribution < -0.4 is 5.32 Å². The van der Waals surface area contributed by atoms with Gasteiger partial charge in [0.1, 0.15) is 5.52 Å². The van der Waals surface area contributed by atoms with Crippen LogP contribution in [0.5, 0.6) is 0 Å². The lowest BCUT2D eigenvalue weighted by Crippen LogP contribution is -2.02. The maximum atomic E-state index is 4.39. The van der Waals surface area contributed by atoms with Gasteiger partial charge in [-0.25, -0.2) is 4.68 Å². The quantitative estimate of drug-likeness (QED) is 0.484. The second-order valence-corrected chi connectivity index (χ2v) is 7.79. The molecule has 0 radical (unpaired) electrons. The third-order valence-electron chi connectivity index (χ3n) is 5.10. The highest BCUT2D eigenvalue weighted by molar-refractivity contribution is 9.10. The zero-order chi connectivity index (χ0) is 17.5. The van der Waals surface area contributed by atoms with Crippen molar-refractivity contribution in [3.05, 3.63) is 64.6 Å². The molecule has 1 fully saturated rings. The number of nitrogens with one attached hydrogen (secondary N) is 1. The second kappa shape index (κ2) is 6.40. The number of halogens is 1. The Morgan fingerprint density at radius 1 is 1.04 bits per heavy atom. The minimum absolute atomic E-state index is 0.766. The number of benzene rings is 3. The molecule has 130 valence electrons. The van der Waals surface area contributed by atoms with Crippen molar-refractivity contribution in [2.75, 3.05) is 5.32 Å². The minimum Gasteiger partial charge on any atom is -0.380 e. The van der Waals surface area contributed by atoms with Crippen LogP contribution in [0.1, 0.15) is 18.4 Å². The summed E-state index contributed by atoms with van der Waals surface area (Å²) in [6.07, 6.45) is 2.63. The van der Waals surface area contributed by atoms with E-state index in [0.717, 1.165) is 40.2 Å². The van der Waals surface area contributed by atoms with Crippen LogP contribution in [0.15, 0.2) is 59.1 Å². The summed E-state index contributed by atoms with van der Waals surface area (Å²) in [4.78, 5) is 0. The SMILES string of the molecule is Brc1c(NCc2cccc3ccccc23)ccc2c1nnn2CC1CC1. The molecule has 0 aliphatic heterocycles. The first kappa shape index (κ1) is 15.8. The maximum absolute atomic E-state index is 4.39. The maximum Gasteiger partial charge on any atom is 0.129 e. The largest absolute Gasteiger partial charge is 0.380 e. The Morgan fingerprint density at radius 3 is 2.77 bits per heavy atom. The number of aromatic nitrogens is 3. The molecule has 1 saturated carbocycles. The third kappa shape index (κ3) is 2.86. The summed E-state index contributed by atoms with van der Waals surface area (Å²) in [6.45, 7) is 1.74. The monoisotopic (exact) mass is 406 g/mol. The zero-order valence-electron chi connectivity index (χ0n) is 14.3. The van der Waals surface area contributed by atoms with Gasteiger partial charge in [0.15, 0.2) is 0 Å². The van der Waals surface area contributed by atoms with E-state index in [9.17, 15) is 0 Å². The summed E-state index contributed by atoms with van der Waals surface area (Å²) in [5.41, 5.74) is 4.35. The van der Waals surface area contributed by atoms with Gasteiger partial charge in [-0.3, -0.25) is 0 Å². The standard InChI is InChI=1S/C21H19BrN4/c22-20-18(10-11-19-21(20)24-25-26(19)13-14-8-9-14)23-12-16-6-3-5-15-4-1-2-7-17(15)16/h1-7,10-11,14,23H,8-9,12-13H2. The van der Waals surface area contributed by atoms with Crippen molar-refractivity contribution >= 4 is 43.4 Å². The highest BCUT2D eigenvalue weighted by atomic mass is 79.9. The van der Waals surface area contributed by atoms with Crippen molar-refractivity contribution in [1.82, 2.24) is 15.0 Å². The minimum atomic E-state index is 0.766. The lowest BCUT2D eigenvalue weighted by atomic mass is 10.0. The average molecular weight is 407 g/mol. The Morgan fingerprint density at radius 2 is 1.88 bits per heavy atom. The van der Waals surface area contributed by atoms with Gasteiger partial charge < -0.3 is 5.32 Å². The molecule has 0 amide bonds.